The number of fused-ring (bicyclic) bond motifs is 4. The molecule has 49 heavy (non-hydrogen) atoms. The number of carbonyl (C=O) groups is 1. The number of anilines is 1. The number of rotatable bonds is 4. The molecule has 2 fully saturated rings. The molecule has 1 saturated heterocycles. The summed E-state index contributed by atoms with van der Waals surface area (Å²) in [6, 6.07) is 10.8. The van der Waals surface area contributed by atoms with Crippen molar-refractivity contribution in [2.45, 2.75) is 73.9 Å². The topological polar surface area (TPSA) is 97.4 Å². The lowest BCUT2D eigenvalue weighted by Gasteiger charge is -2.46. The van der Waals surface area contributed by atoms with Crippen LogP contribution < -0.4 is 14.4 Å². The highest BCUT2D eigenvalue weighted by molar-refractivity contribution is 7.90. The zero-order valence-corrected chi connectivity index (χ0v) is 29.5. The molecule has 13 heteroatoms. The number of hydrogen-bond acceptors (Lipinski definition) is 8. The van der Waals surface area contributed by atoms with E-state index in [2.05, 4.69) is 15.7 Å². The first-order chi connectivity index (χ1) is 23.2. The molecule has 1 N–H and O–H groups in total. The van der Waals surface area contributed by atoms with Crippen molar-refractivity contribution in [2.75, 3.05) is 57.4 Å². The number of likely N-dealkylation sites (tertiary alicyclic amines) is 1. The maximum atomic E-state index is 13.6. The number of halogens is 3. The first-order valence-corrected chi connectivity index (χ1v) is 19.0. The molecule has 0 unspecified atom stereocenters. The van der Waals surface area contributed by atoms with Crippen LogP contribution >= 0.6 is 11.6 Å². The van der Waals surface area contributed by atoms with Gasteiger partial charge in [0.1, 0.15) is 11.4 Å². The van der Waals surface area contributed by atoms with Crippen molar-refractivity contribution in [2.24, 2.45) is 11.8 Å². The van der Waals surface area contributed by atoms with Crippen molar-refractivity contribution in [1.82, 2.24) is 9.62 Å². The van der Waals surface area contributed by atoms with Gasteiger partial charge >= 0.3 is 0 Å². The number of amides is 1. The molecule has 7 rings (SSSR count). The molecule has 2 aromatic rings. The quantitative estimate of drug-likeness (QED) is 0.423. The monoisotopic (exact) mass is 719 g/mol. The maximum absolute atomic E-state index is 13.6. The molecule has 3 aliphatic heterocycles. The molecule has 9 nitrogen and oxygen atoms in total. The summed E-state index contributed by atoms with van der Waals surface area (Å²) in [7, 11) is -4.24. The molecule has 1 amide bonds. The zero-order chi connectivity index (χ0) is 34.6. The average molecular weight is 720 g/mol. The van der Waals surface area contributed by atoms with Crippen LogP contribution in [-0.4, -0.2) is 89.4 Å². The minimum absolute atomic E-state index is 0.0364. The summed E-state index contributed by atoms with van der Waals surface area (Å²) < 4.78 is 75.1. The minimum atomic E-state index is -4.24. The van der Waals surface area contributed by atoms with Crippen LogP contribution in [0.25, 0.3) is 0 Å². The Morgan fingerprint density at radius 3 is 2.67 bits per heavy atom. The van der Waals surface area contributed by atoms with E-state index in [1.165, 1.54) is 31.0 Å². The fourth-order valence-corrected chi connectivity index (χ4v) is 9.34. The standard InChI is InChI=1S/C36H44ClF2N3O6S/c1-34(2)33(43)40-49(44,45)27-9-12-32-30(18-27)42(20-35(23-47-32)13-3-5-24-17-26(37)8-11-29(24)35)19-25-7-10-28(25)31(6-4-15-48-34)46-16-14-41-21-36(38,39)22-41/h4,6,8-9,11-12,17-18,25,28,31H,3,5,7,10,13-16,19-23H2,1-2H3,(H,40,43)/b6-4-/t25-,28+,31+,35-/m0/s1. The third-order valence-electron chi connectivity index (χ3n) is 10.9. The van der Waals surface area contributed by atoms with Crippen molar-refractivity contribution in [3.8, 4) is 5.75 Å². The third-order valence-corrected chi connectivity index (χ3v) is 12.5. The van der Waals surface area contributed by atoms with Gasteiger partial charge in [-0.3, -0.25) is 9.69 Å². The SMILES string of the molecule is CC1(C)OC/C=C\[C@@H](OCCN2CC(F)(F)C2)[C@@H]2CC[C@H]2CN2C[C@@]3(CCCc4cc(Cl)ccc43)COc3ccc(cc32)S(=O)(=O)NC1=O. The Hall–Kier alpha value is -2.77. The third kappa shape index (κ3) is 7.08. The van der Waals surface area contributed by atoms with E-state index in [-0.39, 0.29) is 47.9 Å². The molecular weight excluding hydrogens is 676 g/mol. The summed E-state index contributed by atoms with van der Waals surface area (Å²) in [5.74, 6) is -2.48. The molecule has 5 aliphatic rings. The van der Waals surface area contributed by atoms with Crippen molar-refractivity contribution < 1.29 is 36.2 Å². The summed E-state index contributed by atoms with van der Waals surface area (Å²) in [5, 5.41) is 0.698. The lowest BCUT2D eigenvalue weighted by molar-refractivity contribution is -0.139. The highest BCUT2D eigenvalue weighted by atomic mass is 35.5. The normalized spacial score (nSPS) is 31.2. The van der Waals surface area contributed by atoms with Gasteiger partial charge in [0, 0.05) is 30.1 Å². The number of aryl methyl sites for hydroxylation is 1. The second-order valence-corrected chi connectivity index (χ2v) is 16.9. The van der Waals surface area contributed by atoms with Crippen molar-refractivity contribution in [3.63, 3.8) is 0 Å². The number of sulfonamides is 1. The van der Waals surface area contributed by atoms with Crippen LogP contribution in [0, 0.1) is 11.8 Å². The number of nitrogens with zero attached hydrogens (tertiary/aromatic N) is 2. The Morgan fingerprint density at radius 1 is 1.10 bits per heavy atom. The molecule has 3 heterocycles. The lowest BCUT2D eigenvalue weighted by atomic mass is 9.68. The van der Waals surface area contributed by atoms with Gasteiger partial charge in [-0.2, -0.15) is 0 Å². The first kappa shape index (κ1) is 34.7. The number of nitrogens with one attached hydrogen (secondary N) is 1. The summed E-state index contributed by atoms with van der Waals surface area (Å²) in [5.41, 5.74) is 1.28. The fraction of sp³-hybridized carbons (Fsp3) is 0.583. The van der Waals surface area contributed by atoms with Gasteiger partial charge in [-0.05, 0) is 99.2 Å². The highest BCUT2D eigenvalue weighted by Crippen LogP contribution is 2.47. The second kappa shape index (κ2) is 13.1. The average Bonchev–Trinajstić information content (AvgIpc) is 3.16. The van der Waals surface area contributed by atoms with Crippen LogP contribution in [0.4, 0.5) is 14.5 Å². The molecular formula is C36H44ClF2N3O6S. The van der Waals surface area contributed by atoms with E-state index in [0.29, 0.717) is 49.3 Å². The summed E-state index contributed by atoms with van der Waals surface area (Å²) in [6.45, 7) is 5.01. The summed E-state index contributed by atoms with van der Waals surface area (Å²) in [6.07, 6.45) is 8.15. The first-order valence-electron chi connectivity index (χ1n) is 17.1. The van der Waals surface area contributed by atoms with Crippen LogP contribution in [0.3, 0.4) is 0 Å². The fourth-order valence-electron chi connectivity index (χ4n) is 8.02. The predicted molar refractivity (Wildman–Crippen MR) is 182 cm³/mol. The van der Waals surface area contributed by atoms with E-state index in [9.17, 15) is 22.0 Å². The van der Waals surface area contributed by atoms with Crippen LogP contribution in [0.2, 0.25) is 5.02 Å². The van der Waals surface area contributed by atoms with E-state index in [4.69, 9.17) is 25.8 Å². The Balaban J connectivity index is 1.24. The maximum Gasteiger partial charge on any atom is 0.272 e. The molecule has 266 valence electrons. The lowest BCUT2D eigenvalue weighted by Crippen LogP contribution is -2.57. The van der Waals surface area contributed by atoms with E-state index < -0.39 is 27.5 Å². The van der Waals surface area contributed by atoms with Gasteiger partial charge in [-0.25, -0.2) is 21.9 Å². The minimum Gasteiger partial charge on any atom is -0.490 e. The van der Waals surface area contributed by atoms with E-state index >= 15 is 0 Å². The van der Waals surface area contributed by atoms with Crippen LogP contribution in [0.5, 0.6) is 5.75 Å². The highest BCUT2D eigenvalue weighted by Gasteiger charge is 2.46. The second-order valence-electron chi connectivity index (χ2n) is 14.8. The van der Waals surface area contributed by atoms with E-state index in [0.717, 1.165) is 32.1 Å². The molecule has 0 aromatic heterocycles. The number of benzene rings is 2. The summed E-state index contributed by atoms with van der Waals surface area (Å²) in [4.78, 5) is 17.1. The predicted octanol–water partition coefficient (Wildman–Crippen LogP) is 5.35. The number of hydrogen-bond donors (Lipinski definition) is 1. The van der Waals surface area contributed by atoms with Gasteiger partial charge in [-0.1, -0.05) is 29.8 Å². The summed E-state index contributed by atoms with van der Waals surface area (Å²) >= 11 is 6.42. The van der Waals surface area contributed by atoms with Crippen molar-refractivity contribution in [1.29, 1.82) is 0 Å². The smallest absolute Gasteiger partial charge is 0.272 e. The van der Waals surface area contributed by atoms with Gasteiger partial charge in [0.2, 0.25) is 0 Å². The molecule has 2 aliphatic carbocycles. The molecule has 2 aromatic carbocycles. The Morgan fingerprint density at radius 2 is 1.92 bits per heavy atom. The van der Waals surface area contributed by atoms with Gasteiger partial charge in [0.05, 0.1) is 49.6 Å². The van der Waals surface area contributed by atoms with Crippen LogP contribution in [-0.2, 0) is 36.1 Å². The molecule has 4 atom stereocenters. The van der Waals surface area contributed by atoms with Crippen molar-refractivity contribution >= 4 is 33.2 Å². The Bertz CT molecular complexity index is 1730. The number of alkyl halides is 2. The van der Waals surface area contributed by atoms with Crippen LogP contribution in [0.1, 0.15) is 50.7 Å². The van der Waals surface area contributed by atoms with Gasteiger partial charge in [0.25, 0.3) is 21.9 Å². The molecule has 1 saturated carbocycles. The van der Waals surface area contributed by atoms with Crippen LogP contribution in [0.15, 0.2) is 53.4 Å². The molecule has 0 radical (unpaired) electrons. The van der Waals surface area contributed by atoms with E-state index in [1.54, 1.807) is 23.1 Å². The molecule has 2 bridgehead atoms. The number of carbonyl (C=O) groups excluding carboxylic acids is 1. The number of ether oxygens (including phenoxy) is 3. The zero-order valence-electron chi connectivity index (χ0n) is 27.9. The van der Waals surface area contributed by atoms with Crippen molar-refractivity contribution in [3.05, 3.63) is 64.7 Å². The molecule has 1 spiro atoms. The van der Waals surface area contributed by atoms with Gasteiger partial charge < -0.3 is 19.1 Å². The Kier molecular flexibility index (Phi) is 9.26. The Labute approximate surface area is 291 Å². The largest absolute Gasteiger partial charge is 0.490 e. The van der Waals surface area contributed by atoms with Gasteiger partial charge in [0.15, 0.2) is 0 Å². The van der Waals surface area contributed by atoms with Gasteiger partial charge in [-0.15, -0.1) is 0 Å². The van der Waals surface area contributed by atoms with E-state index in [1.807, 2.05) is 18.2 Å².